The van der Waals surface area contributed by atoms with E-state index in [9.17, 15) is 4.79 Å². The molecule has 1 N–H and O–H groups in total. The standard InChI is InChI=1S/C14H16N2O3/c1-10-4-3-5-11(6-10)8-16(2)9-12-7-13(14(17)18)15-19-12/h3-7H,8-9H2,1-2H3,(H,17,18). The average Bonchev–Trinajstić information content (AvgIpc) is 2.77. The molecule has 0 aliphatic rings. The van der Waals surface area contributed by atoms with Crippen molar-refractivity contribution in [3.63, 3.8) is 0 Å². The summed E-state index contributed by atoms with van der Waals surface area (Å²) in [5.41, 5.74) is 2.37. The van der Waals surface area contributed by atoms with Crippen molar-refractivity contribution >= 4 is 5.97 Å². The summed E-state index contributed by atoms with van der Waals surface area (Å²) in [6.45, 7) is 3.35. The molecule has 5 heteroatoms. The second kappa shape index (κ2) is 5.67. The van der Waals surface area contributed by atoms with Crippen LogP contribution in [0.3, 0.4) is 0 Å². The smallest absolute Gasteiger partial charge is 0.358 e. The third kappa shape index (κ3) is 3.66. The van der Waals surface area contributed by atoms with Crippen molar-refractivity contribution in [1.29, 1.82) is 0 Å². The minimum Gasteiger partial charge on any atom is -0.476 e. The number of rotatable bonds is 5. The van der Waals surface area contributed by atoms with E-state index in [2.05, 4.69) is 30.3 Å². The largest absolute Gasteiger partial charge is 0.476 e. The molecule has 19 heavy (non-hydrogen) atoms. The summed E-state index contributed by atoms with van der Waals surface area (Å²) in [6.07, 6.45) is 0. The molecule has 2 aromatic rings. The van der Waals surface area contributed by atoms with Crippen LogP contribution in [0.25, 0.3) is 0 Å². The van der Waals surface area contributed by atoms with Crippen LogP contribution in [0.15, 0.2) is 34.9 Å². The Morgan fingerprint density at radius 2 is 2.16 bits per heavy atom. The first kappa shape index (κ1) is 13.3. The Morgan fingerprint density at radius 3 is 2.79 bits per heavy atom. The maximum absolute atomic E-state index is 10.7. The summed E-state index contributed by atoms with van der Waals surface area (Å²) in [6, 6.07) is 9.72. The lowest BCUT2D eigenvalue weighted by Gasteiger charge is -2.14. The van der Waals surface area contributed by atoms with Crippen LogP contribution in [-0.4, -0.2) is 28.2 Å². The number of hydrogen-bond acceptors (Lipinski definition) is 4. The van der Waals surface area contributed by atoms with Crippen LogP contribution in [0.5, 0.6) is 0 Å². The Balaban J connectivity index is 1.97. The summed E-state index contributed by atoms with van der Waals surface area (Å²) in [5.74, 6) is -0.524. The fraction of sp³-hybridized carbons (Fsp3) is 0.286. The number of aromatic carboxylic acids is 1. The number of benzene rings is 1. The van der Waals surface area contributed by atoms with E-state index in [0.29, 0.717) is 12.3 Å². The monoisotopic (exact) mass is 260 g/mol. The molecule has 100 valence electrons. The van der Waals surface area contributed by atoms with E-state index in [-0.39, 0.29) is 5.69 Å². The maximum Gasteiger partial charge on any atom is 0.358 e. The van der Waals surface area contributed by atoms with Gasteiger partial charge in [0, 0.05) is 12.6 Å². The average molecular weight is 260 g/mol. The molecule has 0 unspecified atom stereocenters. The van der Waals surface area contributed by atoms with E-state index in [4.69, 9.17) is 9.63 Å². The topological polar surface area (TPSA) is 66.6 Å². The van der Waals surface area contributed by atoms with E-state index in [1.54, 1.807) is 0 Å². The Morgan fingerprint density at radius 1 is 1.37 bits per heavy atom. The molecule has 0 fully saturated rings. The van der Waals surface area contributed by atoms with Crippen LogP contribution in [-0.2, 0) is 13.1 Å². The quantitative estimate of drug-likeness (QED) is 0.893. The molecule has 0 aliphatic heterocycles. The van der Waals surface area contributed by atoms with Gasteiger partial charge in [-0.05, 0) is 19.5 Å². The molecule has 0 radical (unpaired) electrons. The number of hydrogen-bond donors (Lipinski definition) is 1. The van der Waals surface area contributed by atoms with Gasteiger partial charge in [0.25, 0.3) is 0 Å². The summed E-state index contributed by atoms with van der Waals surface area (Å²) < 4.78 is 4.99. The molecular formula is C14H16N2O3. The molecular weight excluding hydrogens is 244 g/mol. The predicted molar refractivity (Wildman–Crippen MR) is 69.8 cm³/mol. The number of carboxylic acid groups (broad SMARTS) is 1. The molecule has 1 aromatic heterocycles. The highest BCUT2D eigenvalue weighted by molar-refractivity contribution is 5.85. The van der Waals surface area contributed by atoms with Gasteiger partial charge in [0.2, 0.25) is 0 Å². The number of carboxylic acids is 1. The van der Waals surface area contributed by atoms with Crippen LogP contribution in [0, 0.1) is 6.92 Å². The molecule has 0 aliphatic carbocycles. The van der Waals surface area contributed by atoms with Crippen molar-refractivity contribution in [2.45, 2.75) is 20.0 Å². The van der Waals surface area contributed by atoms with E-state index < -0.39 is 5.97 Å². The minimum absolute atomic E-state index is 0.0565. The van der Waals surface area contributed by atoms with E-state index in [1.165, 1.54) is 17.2 Å². The molecule has 2 rings (SSSR count). The first-order chi connectivity index (χ1) is 9.04. The van der Waals surface area contributed by atoms with Gasteiger partial charge in [-0.3, -0.25) is 4.90 Å². The van der Waals surface area contributed by atoms with Crippen molar-refractivity contribution in [3.05, 3.63) is 52.9 Å². The minimum atomic E-state index is -1.07. The van der Waals surface area contributed by atoms with Gasteiger partial charge in [0.15, 0.2) is 11.5 Å². The number of carbonyl (C=O) groups is 1. The summed E-state index contributed by atoms with van der Waals surface area (Å²) in [5, 5.41) is 12.3. The zero-order chi connectivity index (χ0) is 13.8. The van der Waals surface area contributed by atoms with Gasteiger partial charge in [-0.25, -0.2) is 4.79 Å². The van der Waals surface area contributed by atoms with Crippen molar-refractivity contribution in [1.82, 2.24) is 10.1 Å². The van der Waals surface area contributed by atoms with Crippen molar-refractivity contribution < 1.29 is 14.4 Å². The second-order valence-corrected chi connectivity index (χ2v) is 4.64. The van der Waals surface area contributed by atoms with Crippen LogP contribution in [0.1, 0.15) is 27.4 Å². The van der Waals surface area contributed by atoms with Crippen LogP contribution in [0.4, 0.5) is 0 Å². The Kier molecular flexibility index (Phi) is 3.97. The van der Waals surface area contributed by atoms with Gasteiger partial charge in [-0.1, -0.05) is 35.0 Å². The van der Waals surface area contributed by atoms with Crippen molar-refractivity contribution in [2.24, 2.45) is 0 Å². The fourth-order valence-electron chi connectivity index (χ4n) is 1.93. The first-order valence-electron chi connectivity index (χ1n) is 5.97. The third-order valence-corrected chi connectivity index (χ3v) is 2.74. The zero-order valence-electron chi connectivity index (χ0n) is 11.0. The zero-order valence-corrected chi connectivity index (χ0v) is 11.0. The fourth-order valence-corrected chi connectivity index (χ4v) is 1.93. The van der Waals surface area contributed by atoms with Gasteiger partial charge >= 0.3 is 5.97 Å². The Hall–Kier alpha value is -2.14. The lowest BCUT2D eigenvalue weighted by molar-refractivity contribution is 0.0685. The van der Waals surface area contributed by atoms with Gasteiger partial charge in [-0.2, -0.15) is 0 Å². The molecule has 0 atom stereocenters. The molecule has 0 bridgehead atoms. The second-order valence-electron chi connectivity index (χ2n) is 4.64. The third-order valence-electron chi connectivity index (χ3n) is 2.74. The van der Waals surface area contributed by atoms with E-state index in [1.807, 2.05) is 18.0 Å². The number of nitrogens with zero attached hydrogens (tertiary/aromatic N) is 2. The summed E-state index contributed by atoms with van der Waals surface area (Å²) in [4.78, 5) is 12.7. The van der Waals surface area contributed by atoms with Gasteiger partial charge in [-0.15, -0.1) is 0 Å². The van der Waals surface area contributed by atoms with Gasteiger partial charge < -0.3 is 9.63 Å². The molecule has 5 nitrogen and oxygen atoms in total. The predicted octanol–water partition coefficient (Wildman–Crippen LogP) is 2.31. The summed E-state index contributed by atoms with van der Waals surface area (Å²) in [7, 11) is 1.95. The SMILES string of the molecule is Cc1cccc(CN(C)Cc2cc(C(=O)O)no2)c1. The van der Waals surface area contributed by atoms with Gasteiger partial charge in [0.1, 0.15) is 0 Å². The number of aryl methyl sites for hydroxylation is 1. The van der Waals surface area contributed by atoms with Crippen LogP contribution in [0.2, 0.25) is 0 Å². The Bertz CT molecular complexity index is 578. The van der Waals surface area contributed by atoms with Crippen molar-refractivity contribution in [3.8, 4) is 0 Å². The lowest BCUT2D eigenvalue weighted by Crippen LogP contribution is -2.16. The van der Waals surface area contributed by atoms with E-state index >= 15 is 0 Å². The molecule has 1 aromatic carbocycles. The Labute approximate surface area is 111 Å². The normalized spacial score (nSPS) is 10.9. The van der Waals surface area contributed by atoms with Crippen LogP contribution < -0.4 is 0 Å². The highest BCUT2D eigenvalue weighted by Crippen LogP contribution is 2.11. The molecule has 1 heterocycles. The lowest BCUT2D eigenvalue weighted by atomic mass is 10.1. The highest BCUT2D eigenvalue weighted by atomic mass is 16.5. The summed E-state index contributed by atoms with van der Waals surface area (Å²) >= 11 is 0. The highest BCUT2D eigenvalue weighted by Gasteiger charge is 2.12. The first-order valence-corrected chi connectivity index (χ1v) is 5.97. The van der Waals surface area contributed by atoms with Crippen molar-refractivity contribution in [2.75, 3.05) is 7.05 Å². The van der Waals surface area contributed by atoms with Crippen LogP contribution >= 0.6 is 0 Å². The number of aromatic nitrogens is 1. The van der Waals surface area contributed by atoms with Gasteiger partial charge in [0.05, 0.1) is 6.54 Å². The van der Waals surface area contributed by atoms with E-state index in [0.717, 1.165) is 6.54 Å². The molecule has 0 spiro atoms. The molecule has 0 amide bonds. The molecule has 0 saturated heterocycles. The molecule has 0 saturated carbocycles. The maximum atomic E-state index is 10.7.